The molecule has 0 aliphatic carbocycles. The third-order valence-corrected chi connectivity index (χ3v) is 3.24. The highest BCUT2D eigenvalue weighted by atomic mass is 16.5. The van der Waals surface area contributed by atoms with E-state index in [1.807, 2.05) is 62.3 Å². The molecule has 0 spiro atoms. The summed E-state index contributed by atoms with van der Waals surface area (Å²) in [4.78, 5) is 14.3. The summed E-state index contributed by atoms with van der Waals surface area (Å²) >= 11 is 0. The van der Waals surface area contributed by atoms with Gasteiger partial charge in [-0.2, -0.15) is 0 Å². The second-order valence-electron chi connectivity index (χ2n) is 5.25. The van der Waals surface area contributed by atoms with Crippen LogP contribution in [0.15, 0.2) is 40.9 Å². The first-order valence-electron chi connectivity index (χ1n) is 6.99. The van der Waals surface area contributed by atoms with Gasteiger partial charge in [-0.3, -0.25) is 9.69 Å². The van der Waals surface area contributed by atoms with Crippen molar-refractivity contribution in [1.82, 2.24) is 15.4 Å². The minimum absolute atomic E-state index is 0.00795. The van der Waals surface area contributed by atoms with Crippen LogP contribution in [0.4, 0.5) is 0 Å². The van der Waals surface area contributed by atoms with Crippen LogP contribution in [0.25, 0.3) is 0 Å². The zero-order valence-electron chi connectivity index (χ0n) is 12.7. The Kier molecular flexibility index (Phi) is 5.11. The number of hydrogen-bond acceptors (Lipinski definition) is 4. The van der Waals surface area contributed by atoms with Crippen molar-refractivity contribution < 1.29 is 9.32 Å². The molecule has 1 atom stereocenters. The van der Waals surface area contributed by atoms with Crippen LogP contribution >= 0.6 is 0 Å². The predicted molar refractivity (Wildman–Crippen MR) is 80.8 cm³/mol. The second-order valence-corrected chi connectivity index (χ2v) is 5.25. The Bertz CT molecular complexity index is 578. The minimum Gasteiger partial charge on any atom is -0.361 e. The first-order valence-corrected chi connectivity index (χ1v) is 6.99. The highest BCUT2D eigenvalue weighted by Gasteiger charge is 2.22. The Labute approximate surface area is 124 Å². The average Bonchev–Trinajstić information content (AvgIpc) is 2.85. The van der Waals surface area contributed by atoms with Gasteiger partial charge in [0.2, 0.25) is 5.91 Å². The van der Waals surface area contributed by atoms with E-state index < -0.39 is 0 Å². The predicted octanol–water partition coefficient (Wildman–Crippen LogP) is 1.94. The van der Waals surface area contributed by atoms with Gasteiger partial charge in [0.25, 0.3) is 0 Å². The van der Waals surface area contributed by atoms with Crippen molar-refractivity contribution in [3.63, 3.8) is 0 Å². The number of amides is 1. The lowest BCUT2D eigenvalue weighted by atomic mass is 10.1. The fraction of sp³-hybridized carbons (Fsp3) is 0.375. The number of nitrogens with one attached hydrogen (secondary N) is 1. The van der Waals surface area contributed by atoms with E-state index in [2.05, 4.69) is 10.5 Å². The lowest BCUT2D eigenvalue weighted by molar-refractivity contribution is -0.125. The Morgan fingerprint density at radius 3 is 2.62 bits per heavy atom. The molecule has 1 amide bonds. The molecule has 1 N–H and O–H groups in total. The maximum Gasteiger partial charge on any atom is 0.241 e. The number of aryl methyl sites for hydroxylation is 1. The number of carbonyl (C=O) groups is 1. The number of hydrogen-bond donors (Lipinski definition) is 1. The van der Waals surface area contributed by atoms with Gasteiger partial charge in [-0.25, -0.2) is 0 Å². The SMILES string of the molecule is Cc1cc(CCNC(=O)C(c2ccccc2)N(C)C)no1. The van der Waals surface area contributed by atoms with E-state index in [1.165, 1.54) is 0 Å². The molecule has 1 aromatic carbocycles. The minimum atomic E-state index is -0.287. The van der Waals surface area contributed by atoms with Crippen molar-refractivity contribution >= 4 is 5.91 Å². The molecule has 0 fully saturated rings. The van der Waals surface area contributed by atoms with Crippen LogP contribution in [0.2, 0.25) is 0 Å². The highest BCUT2D eigenvalue weighted by molar-refractivity contribution is 5.83. The summed E-state index contributed by atoms with van der Waals surface area (Å²) in [5.74, 6) is 0.776. The quantitative estimate of drug-likeness (QED) is 0.882. The molecule has 0 aliphatic heterocycles. The van der Waals surface area contributed by atoms with E-state index in [4.69, 9.17) is 4.52 Å². The van der Waals surface area contributed by atoms with Crippen molar-refractivity contribution in [3.05, 3.63) is 53.4 Å². The summed E-state index contributed by atoms with van der Waals surface area (Å²) in [6.07, 6.45) is 0.665. The maximum absolute atomic E-state index is 12.4. The van der Waals surface area contributed by atoms with Crippen molar-refractivity contribution in [2.75, 3.05) is 20.6 Å². The van der Waals surface area contributed by atoms with E-state index in [-0.39, 0.29) is 11.9 Å². The topological polar surface area (TPSA) is 58.4 Å². The third kappa shape index (κ3) is 4.16. The van der Waals surface area contributed by atoms with Gasteiger partial charge in [0.05, 0.1) is 5.69 Å². The van der Waals surface area contributed by atoms with E-state index in [1.54, 1.807) is 0 Å². The van der Waals surface area contributed by atoms with E-state index in [0.29, 0.717) is 13.0 Å². The van der Waals surface area contributed by atoms with E-state index in [0.717, 1.165) is 17.0 Å². The Balaban J connectivity index is 1.93. The van der Waals surface area contributed by atoms with Crippen LogP contribution in [0.5, 0.6) is 0 Å². The van der Waals surface area contributed by atoms with E-state index in [9.17, 15) is 4.79 Å². The molecule has 112 valence electrons. The largest absolute Gasteiger partial charge is 0.361 e. The molecule has 0 radical (unpaired) electrons. The molecule has 5 heteroatoms. The lowest BCUT2D eigenvalue weighted by Crippen LogP contribution is -2.37. The standard InChI is InChI=1S/C16H21N3O2/c1-12-11-14(18-21-12)9-10-17-16(20)15(19(2)3)13-7-5-4-6-8-13/h4-8,11,15H,9-10H2,1-3H3,(H,17,20). The van der Waals surface area contributed by atoms with Crippen LogP contribution < -0.4 is 5.32 Å². The number of carbonyl (C=O) groups excluding carboxylic acids is 1. The Morgan fingerprint density at radius 2 is 2.05 bits per heavy atom. The van der Waals surface area contributed by atoms with Gasteiger partial charge in [0.1, 0.15) is 11.8 Å². The molecule has 1 aromatic heterocycles. The first-order chi connectivity index (χ1) is 10.1. The van der Waals surface area contributed by atoms with Crippen molar-refractivity contribution in [1.29, 1.82) is 0 Å². The molecule has 0 saturated heterocycles. The van der Waals surface area contributed by atoms with Crippen molar-refractivity contribution in [2.45, 2.75) is 19.4 Å². The van der Waals surface area contributed by atoms with Crippen LogP contribution in [-0.4, -0.2) is 36.6 Å². The third-order valence-electron chi connectivity index (χ3n) is 3.24. The summed E-state index contributed by atoms with van der Waals surface area (Å²) in [5.41, 5.74) is 1.84. The van der Waals surface area contributed by atoms with Crippen molar-refractivity contribution in [3.8, 4) is 0 Å². The Hall–Kier alpha value is -2.14. The number of rotatable bonds is 6. The molecule has 21 heavy (non-hydrogen) atoms. The van der Waals surface area contributed by atoms with Gasteiger partial charge in [0, 0.05) is 19.0 Å². The van der Waals surface area contributed by atoms with Gasteiger partial charge >= 0.3 is 0 Å². The molecule has 2 aromatic rings. The Morgan fingerprint density at radius 1 is 1.33 bits per heavy atom. The normalized spacial score (nSPS) is 12.4. The molecular formula is C16H21N3O2. The summed E-state index contributed by atoms with van der Waals surface area (Å²) in [5, 5.41) is 6.87. The smallest absolute Gasteiger partial charge is 0.241 e. The summed E-state index contributed by atoms with van der Waals surface area (Å²) in [6.45, 7) is 2.40. The summed E-state index contributed by atoms with van der Waals surface area (Å²) in [7, 11) is 3.80. The average molecular weight is 287 g/mol. The fourth-order valence-corrected chi connectivity index (χ4v) is 2.27. The van der Waals surface area contributed by atoms with Crippen LogP contribution in [0.3, 0.4) is 0 Å². The number of likely N-dealkylation sites (N-methyl/N-ethyl adjacent to an activating group) is 1. The lowest BCUT2D eigenvalue weighted by Gasteiger charge is -2.23. The zero-order chi connectivity index (χ0) is 15.2. The number of aromatic nitrogens is 1. The number of nitrogens with zero attached hydrogens (tertiary/aromatic N) is 2. The molecular weight excluding hydrogens is 266 g/mol. The molecule has 5 nitrogen and oxygen atoms in total. The van der Waals surface area contributed by atoms with Crippen LogP contribution in [0, 0.1) is 6.92 Å². The second kappa shape index (κ2) is 7.04. The molecule has 2 rings (SSSR count). The number of benzene rings is 1. The van der Waals surface area contributed by atoms with Crippen molar-refractivity contribution in [2.24, 2.45) is 0 Å². The van der Waals surface area contributed by atoms with E-state index >= 15 is 0 Å². The maximum atomic E-state index is 12.4. The molecule has 0 saturated carbocycles. The summed E-state index contributed by atoms with van der Waals surface area (Å²) < 4.78 is 5.01. The molecule has 1 unspecified atom stereocenters. The molecule has 1 heterocycles. The zero-order valence-corrected chi connectivity index (χ0v) is 12.7. The van der Waals surface area contributed by atoms with Gasteiger partial charge in [-0.05, 0) is 26.6 Å². The monoisotopic (exact) mass is 287 g/mol. The molecule has 0 aliphatic rings. The van der Waals surface area contributed by atoms with Crippen LogP contribution in [0.1, 0.15) is 23.1 Å². The first kappa shape index (κ1) is 15.3. The highest BCUT2D eigenvalue weighted by Crippen LogP contribution is 2.17. The van der Waals surface area contributed by atoms with Gasteiger partial charge in [-0.1, -0.05) is 35.5 Å². The van der Waals surface area contributed by atoms with Gasteiger partial charge in [-0.15, -0.1) is 0 Å². The van der Waals surface area contributed by atoms with Gasteiger partial charge < -0.3 is 9.84 Å². The fourth-order valence-electron chi connectivity index (χ4n) is 2.27. The molecule has 0 bridgehead atoms. The summed E-state index contributed by atoms with van der Waals surface area (Å²) in [6, 6.07) is 11.4. The van der Waals surface area contributed by atoms with Crippen LogP contribution in [-0.2, 0) is 11.2 Å². The van der Waals surface area contributed by atoms with Gasteiger partial charge in [0.15, 0.2) is 0 Å².